The average Bonchev–Trinajstić information content (AvgIpc) is 2.37. The molecule has 1 fully saturated rings. The lowest BCUT2D eigenvalue weighted by Gasteiger charge is -2.19. The smallest absolute Gasteiger partial charge is 0.163 e. The predicted octanol–water partition coefficient (Wildman–Crippen LogP) is 3.86. The van der Waals surface area contributed by atoms with Crippen LogP contribution < -0.4 is 0 Å². The number of Topliss-reactive ketones (excluding diaryl/α,β-unsaturated/α-hetero) is 2. The van der Waals surface area contributed by atoms with E-state index in [0.717, 1.165) is 19.3 Å². The number of aryl methyl sites for hydroxylation is 1. The minimum Gasteiger partial charge on any atom is -0.299 e. The fourth-order valence-electron chi connectivity index (χ4n) is 2.74. The standard InChI is InChI=1S/C16H19FO2/c1-11-10-13(17)7-8-14(11)16(19)9-6-12-4-2-3-5-15(12)18/h7-8,10,12H,2-6,9H2,1H3. The molecule has 2 rings (SSSR count). The van der Waals surface area contributed by atoms with Crippen LogP contribution in [-0.4, -0.2) is 11.6 Å². The van der Waals surface area contributed by atoms with Gasteiger partial charge in [-0.15, -0.1) is 0 Å². The molecule has 102 valence electrons. The third kappa shape index (κ3) is 3.49. The van der Waals surface area contributed by atoms with Gasteiger partial charge < -0.3 is 0 Å². The van der Waals surface area contributed by atoms with Crippen LogP contribution >= 0.6 is 0 Å². The molecule has 1 saturated carbocycles. The molecule has 1 aliphatic rings. The van der Waals surface area contributed by atoms with E-state index in [1.54, 1.807) is 6.92 Å². The molecule has 0 saturated heterocycles. The third-order valence-electron chi connectivity index (χ3n) is 3.89. The molecule has 1 aromatic rings. The number of halogens is 1. The van der Waals surface area contributed by atoms with E-state index in [4.69, 9.17) is 0 Å². The number of carbonyl (C=O) groups is 2. The monoisotopic (exact) mass is 262 g/mol. The summed E-state index contributed by atoms with van der Waals surface area (Å²) in [6.45, 7) is 1.74. The number of hydrogen-bond acceptors (Lipinski definition) is 2. The summed E-state index contributed by atoms with van der Waals surface area (Å²) < 4.78 is 13.0. The molecular formula is C16H19FO2. The summed E-state index contributed by atoms with van der Waals surface area (Å²) in [6, 6.07) is 4.22. The van der Waals surface area contributed by atoms with E-state index in [-0.39, 0.29) is 17.5 Å². The highest BCUT2D eigenvalue weighted by atomic mass is 19.1. The number of benzene rings is 1. The minimum atomic E-state index is -0.323. The van der Waals surface area contributed by atoms with Crippen molar-refractivity contribution in [3.8, 4) is 0 Å². The largest absolute Gasteiger partial charge is 0.299 e. The van der Waals surface area contributed by atoms with Crippen molar-refractivity contribution in [2.24, 2.45) is 5.92 Å². The van der Waals surface area contributed by atoms with E-state index < -0.39 is 0 Å². The van der Waals surface area contributed by atoms with Gasteiger partial charge in [0.1, 0.15) is 11.6 Å². The normalized spacial score (nSPS) is 19.5. The van der Waals surface area contributed by atoms with Gasteiger partial charge in [0.15, 0.2) is 5.78 Å². The van der Waals surface area contributed by atoms with E-state index in [1.165, 1.54) is 18.2 Å². The zero-order valence-corrected chi connectivity index (χ0v) is 11.2. The van der Waals surface area contributed by atoms with Gasteiger partial charge >= 0.3 is 0 Å². The molecule has 0 aliphatic heterocycles. The Bertz CT molecular complexity index is 494. The molecule has 1 unspecified atom stereocenters. The number of hydrogen-bond donors (Lipinski definition) is 0. The summed E-state index contributed by atoms with van der Waals surface area (Å²) in [4.78, 5) is 23.8. The second-order valence-corrected chi connectivity index (χ2v) is 5.33. The van der Waals surface area contributed by atoms with E-state index in [1.807, 2.05) is 0 Å². The molecule has 0 spiro atoms. The second kappa shape index (κ2) is 6.09. The van der Waals surface area contributed by atoms with Gasteiger partial charge in [-0.1, -0.05) is 6.42 Å². The van der Waals surface area contributed by atoms with Gasteiger partial charge in [0.05, 0.1) is 0 Å². The number of rotatable bonds is 4. The molecule has 0 amide bonds. The Balaban J connectivity index is 1.95. The first-order valence-electron chi connectivity index (χ1n) is 6.90. The van der Waals surface area contributed by atoms with Crippen LogP contribution in [0.2, 0.25) is 0 Å². The van der Waals surface area contributed by atoms with Crippen LogP contribution in [0.4, 0.5) is 4.39 Å². The Kier molecular flexibility index (Phi) is 4.46. The molecule has 19 heavy (non-hydrogen) atoms. The lowest BCUT2D eigenvalue weighted by Crippen LogP contribution is -2.20. The molecule has 0 aromatic heterocycles. The number of ketones is 2. The molecular weight excluding hydrogens is 243 g/mol. The average molecular weight is 262 g/mol. The zero-order valence-electron chi connectivity index (χ0n) is 11.2. The molecule has 2 nitrogen and oxygen atoms in total. The van der Waals surface area contributed by atoms with Gasteiger partial charge in [-0.2, -0.15) is 0 Å². The summed E-state index contributed by atoms with van der Waals surface area (Å²) in [5, 5.41) is 0. The maximum Gasteiger partial charge on any atom is 0.163 e. The van der Waals surface area contributed by atoms with Crippen molar-refractivity contribution >= 4 is 11.6 Å². The molecule has 3 heteroatoms. The lowest BCUT2D eigenvalue weighted by atomic mass is 9.84. The molecule has 0 heterocycles. The van der Waals surface area contributed by atoms with Crippen molar-refractivity contribution in [1.82, 2.24) is 0 Å². The van der Waals surface area contributed by atoms with Crippen molar-refractivity contribution in [3.05, 3.63) is 35.1 Å². The van der Waals surface area contributed by atoms with E-state index in [0.29, 0.717) is 36.2 Å². The van der Waals surface area contributed by atoms with Gasteiger partial charge in [-0.25, -0.2) is 4.39 Å². The van der Waals surface area contributed by atoms with Crippen molar-refractivity contribution in [2.75, 3.05) is 0 Å². The fourth-order valence-corrected chi connectivity index (χ4v) is 2.74. The highest BCUT2D eigenvalue weighted by Gasteiger charge is 2.23. The fraction of sp³-hybridized carbons (Fsp3) is 0.500. The summed E-state index contributed by atoms with van der Waals surface area (Å²) in [6.07, 6.45) is 4.65. The van der Waals surface area contributed by atoms with E-state index >= 15 is 0 Å². The van der Waals surface area contributed by atoms with Crippen molar-refractivity contribution in [1.29, 1.82) is 0 Å². The Morgan fingerprint density at radius 3 is 2.84 bits per heavy atom. The highest BCUT2D eigenvalue weighted by Crippen LogP contribution is 2.25. The SMILES string of the molecule is Cc1cc(F)ccc1C(=O)CCC1CCCCC1=O. The van der Waals surface area contributed by atoms with Gasteiger partial charge in [0, 0.05) is 24.3 Å². The van der Waals surface area contributed by atoms with Crippen molar-refractivity contribution in [3.63, 3.8) is 0 Å². The quantitative estimate of drug-likeness (QED) is 0.772. The lowest BCUT2D eigenvalue weighted by molar-refractivity contribution is -0.124. The predicted molar refractivity (Wildman–Crippen MR) is 71.7 cm³/mol. The first kappa shape index (κ1) is 13.9. The molecule has 0 bridgehead atoms. The van der Waals surface area contributed by atoms with Crippen molar-refractivity contribution in [2.45, 2.75) is 45.4 Å². The zero-order chi connectivity index (χ0) is 13.8. The summed E-state index contributed by atoms with van der Waals surface area (Å²) in [5.41, 5.74) is 1.24. The van der Waals surface area contributed by atoms with Crippen LogP contribution in [0, 0.1) is 18.7 Å². The first-order valence-corrected chi connectivity index (χ1v) is 6.90. The Morgan fingerprint density at radius 2 is 2.16 bits per heavy atom. The Hall–Kier alpha value is -1.51. The summed E-state index contributed by atoms with van der Waals surface area (Å²) >= 11 is 0. The van der Waals surface area contributed by atoms with Crippen LogP contribution in [0.25, 0.3) is 0 Å². The Morgan fingerprint density at radius 1 is 1.37 bits per heavy atom. The van der Waals surface area contributed by atoms with Crippen LogP contribution in [0.5, 0.6) is 0 Å². The van der Waals surface area contributed by atoms with E-state index in [2.05, 4.69) is 0 Å². The van der Waals surface area contributed by atoms with Crippen molar-refractivity contribution < 1.29 is 14.0 Å². The molecule has 1 aliphatic carbocycles. The number of carbonyl (C=O) groups excluding carboxylic acids is 2. The maximum atomic E-state index is 13.0. The maximum absolute atomic E-state index is 13.0. The minimum absolute atomic E-state index is 0.0101. The molecule has 0 radical (unpaired) electrons. The van der Waals surface area contributed by atoms with Gasteiger partial charge in [0.25, 0.3) is 0 Å². The van der Waals surface area contributed by atoms with Crippen LogP contribution in [-0.2, 0) is 4.79 Å². The summed E-state index contributed by atoms with van der Waals surface area (Å²) in [7, 11) is 0. The highest BCUT2D eigenvalue weighted by molar-refractivity contribution is 5.97. The van der Waals surface area contributed by atoms with E-state index in [9.17, 15) is 14.0 Å². The molecule has 1 aromatic carbocycles. The van der Waals surface area contributed by atoms with Gasteiger partial charge in [-0.3, -0.25) is 9.59 Å². The summed E-state index contributed by atoms with van der Waals surface area (Å²) in [5.74, 6) is 0.0423. The Labute approximate surface area is 113 Å². The molecule has 0 N–H and O–H groups in total. The third-order valence-corrected chi connectivity index (χ3v) is 3.89. The van der Waals surface area contributed by atoms with Crippen LogP contribution in [0.1, 0.15) is 54.4 Å². The van der Waals surface area contributed by atoms with Crippen LogP contribution in [0.3, 0.4) is 0 Å². The van der Waals surface area contributed by atoms with Crippen LogP contribution in [0.15, 0.2) is 18.2 Å². The molecule has 1 atom stereocenters. The topological polar surface area (TPSA) is 34.1 Å². The van der Waals surface area contributed by atoms with Gasteiger partial charge in [-0.05, 0) is 49.9 Å². The first-order chi connectivity index (χ1) is 9.08. The second-order valence-electron chi connectivity index (χ2n) is 5.33. The van der Waals surface area contributed by atoms with Gasteiger partial charge in [0.2, 0.25) is 0 Å².